The zero-order valence-corrected chi connectivity index (χ0v) is 15.8. The number of allylic oxidation sites excluding steroid dienone is 1. The van der Waals surface area contributed by atoms with Crippen LogP contribution in [0.5, 0.6) is 0 Å². The highest BCUT2D eigenvalue weighted by atomic mass is 32.2. The Balaban J connectivity index is 1.80. The summed E-state index contributed by atoms with van der Waals surface area (Å²) in [5, 5.41) is 5.07. The van der Waals surface area contributed by atoms with E-state index in [1.807, 2.05) is 24.3 Å². The minimum absolute atomic E-state index is 0.0112. The molecule has 0 aliphatic heterocycles. The van der Waals surface area contributed by atoms with Crippen LogP contribution in [0.15, 0.2) is 58.3 Å². The highest BCUT2D eigenvalue weighted by molar-refractivity contribution is 7.93. The smallest absolute Gasteiger partial charge is 0.225 e. The first-order valence-corrected chi connectivity index (χ1v) is 11.1. The van der Waals surface area contributed by atoms with Crippen LogP contribution in [0, 0.1) is 0 Å². The molecule has 0 saturated heterocycles. The van der Waals surface area contributed by atoms with Gasteiger partial charge in [0.25, 0.3) is 0 Å². The monoisotopic (exact) mass is 392 g/mol. The molecular weight excluding hydrogens is 372 g/mol. The van der Waals surface area contributed by atoms with Gasteiger partial charge in [0.05, 0.1) is 9.80 Å². The highest BCUT2D eigenvalue weighted by Gasteiger charge is 2.24. The third kappa shape index (κ3) is 4.04. The first-order valence-electron chi connectivity index (χ1n) is 8.10. The SMILES string of the molecule is C[C@H](NS(=O)(=O)C1=Cc2ccccc2CC1)c1ccc(S(N)(=O)=O)cc1. The molecule has 26 heavy (non-hydrogen) atoms. The molecule has 1 aliphatic carbocycles. The Hall–Kier alpha value is -2.00. The van der Waals surface area contributed by atoms with Crippen LogP contribution in [0.1, 0.15) is 36.1 Å². The highest BCUT2D eigenvalue weighted by Crippen LogP contribution is 2.27. The second kappa shape index (κ2) is 6.96. The molecule has 0 heterocycles. The lowest BCUT2D eigenvalue weighted by Gasteiger charge is -2.20. The molecule has 3 N–H and O–H groups in total. The molecule has 138 valence electrons. The molecule has 0 unspecified atom stereocenters. The lowest BCUT2D eigenvalue weighted by Crippen LogP contribution is -2.29. The standard InChI is InChI=1S/C18H20N2O4S2/c1-13(14-6-9-17(10-7-14)25(19,21)22)20-26(23,24)18-11-8-15-4-2-3-5-16(15)12-18/h2-7,9-10,12-13,20H,8,11H2,1H3,(H2,19,21,22)/t13-/m0/s1. The molecular formula is C18H20N2O4S2. The van der Waals surface area contributed by atoms with Gasteiger partial charge in [-0.05, 0) is 54.7 Å². The van der Waals surface area contributed by atoms with Crippen LogP contribution in [-0.2, 0) is 26.5 Å². The second-order valence-electron chi connectivity index (χ2n) is 6.27. The molecule has 0 fully saturated rings. The van der Waals surface area contributed by atoms with Crippen molar-refractivity contribution in [2.24, 2.45) is 5.14 Å². The van der Waals surface area contributed by atoms with Crippen LogP contribution in [0.2, 0.25) is 0 Å². The van der Waals surface area contributed by atoms with Crippen LogP contribution in [0.3, 0.4) is 0 Å². The quantitative estimate of drug-likeness (QED) is 0.814. The Morgan fingerprint density at radius 3 is 2.27 bits per heavy atom. The van der Waals surface area contributed by atoms with Crippen LogP contribution in [0.4, 0.5) is 0 Å². The predicted molar refractivity (Wildman–Crippen MR) is 101 cm³/mol. The normalized spacial score (nSPS) is 15.8. The lowest BCUT2D eigenvalue weighted by atomic mass is 9.98. The summed E-state index contributed by atoms with van der Waals surface area (Å²) < 4.78 is 50.7. The van der Waals surface area contributed by atoms with Gasteiger partial charge in [-0.25, -0.2) is 26.7 Å². The Kier molecular flexibility index (Phi) is 5.03. The average molecular weight is 393 g/mol. The van der Waals surface area contributed by atoms with Gasteiger partial charge in [-0.1, -0.05) is 36.4 Å². The van der Waals surface area contributed by atoms with Gasteiger partial charge in [0, 0.05) is 6.04 Å². The van der Waals surface area contributed by atoms with Gasteiger partial charge < -0.3 is 0 Å². The van der Waals surface area contributed by atoms with Gasteiger partial charge in [-0.2, -0.15) is 0 Å². The van der Waals surface area contributed by atoms with E-state index in [2.05, 4.69) is 4.72 Å². The molecule has 0 radical (unpaired) electrons. The van der Waals surface area contributed by atoms with E-state index >= 15 is 0 Å². The van der Waals surface area contributed by atoms with Gasteiger partial charge >= 0.3 is 0 Å². The maximum absolute atomic E-state index is 12.7. The van der Waals surface area contributed by atoms with Crippen molar-refractivity contribution in [2.45, 2.75) is 30.7 Å². The Bertz CT molecular complexity index is 1060. The summed E-state index contributed by atoms with van der Waals surface area (Å²) in [5.74, 6) is 0. The average Bonchev–Trinajstić information content (AvgIpc) is 2.60. The fourth-order valence-corrected chi connectivity index (χ4v) is 4.86. The minimum atomic E-state index is -3.77. The summed E-state index contributed by atoms with van der Waals surface area (Å²) in [5.41, 5.74) is 2.71. The van der Waals surface area contributed by atoms with E-state index in [1.165, 1.54) is 12.1 Å². The number of nitrogens with one attached hydrogen (secondary N) is 1. The molecule has 0 spiro atoms. The summed E-state index contributed by atoms with van der Waals surface area (Å²) in [6.45, 7) is 1.71. The van der Waals surface area contributed by atoms with Gasteiger partial charge in [0.1, 0.15) is 0 Å². The van der Waals surface area contributed by atoms with Gasteiger partial charge in [0.15, 0.2) is 0 Å². The molecule has 0 saturated carbocycles. The molecule has 0 aromatic heterocycles. The van der Waals surface area contributed by atoms with Crippen molar-refractivity contribution in [3.05, 3.63) is 70.1 Å². The van der Waals surface area contributed by atoms with Gasteiger partial charge in [-0.15, -0.1) is 0 Å². The van der Waals surface area contributed by atoms with Crippen LogP contribution < -0.4 is 9.86 Å². The fourth-order valence-electron chi connectivity index (χ4n) is 2.94. The minimum Gasteiger partial charge on any atom is -0.225 e. The number of aryl methyl sites for hydroxylation is 1. The summed E-state index contributed by atoms with van der Waals surface area (Å²) in [6.07, 6.45) is 2.84. The van der Waals surface area contributed by atoms with Crippen molar-refractivity contribution in [3.63, 3.8) is 0 Å². The molecule has 8 heteroatoms. The topological polar surface area (TPSA) is 106 Å². The van der Waals surface area contributed by atoms with E-state index in [4.69, 9.17) is 5.14 Å². The summed E-state index contributed by atoms with van der Waals surface area (Å²) in [7, 11) is -7.42. The second-order valence-corrected chi connectivity index (χ2v) is 9.59. The summed E-state index contributed by atoms with van der Waals surface area (Å²) in [4.78, 5) is 0.340. The van der Waals surface area contributed by atoms with Crippen molar-refractivity contribution >= 4 is 26.1 Å². The summed E-state index contributed by atoms with van der Waals surface area (Å²) >= 11 is 0. The van der Waals surface area contributed by atoms with E-state index in [9.17, 15) is 16.8 Å². The van der Waals surface area contributed by atoms with E-state index in [0.29, 0.717) is 23.3 Å². The molecule has 2 aromatic rings. The zero-order chi connectivity index (χ0) is 18.9. The maximum Gasteiger partial charge on any atom is 0.238 e. The van der Waals surface area contributed by atoms with Crippen molar-refractivity contribution < 1.29 is 16.8 Å². The number of nitrogens with two attached hydrogens (primary N) is 1. The molecule has 1 atom stereocenters. The predicted octanol–water partition coefficient (Wildman–Crippen LogP) is 2.30. The van der Waals surface area contributed by atoms with Crippen molar-refractivity contribution in [3.8, 4) is 0 Å². The first-order chi connectivity index (χ1) is 12.2. The van der Waals surface area contributed by atoms with E-state index in [-0.39, 0.29) is 4.90 Å². The fraction of sp³-hybridized carbons (Fsp3) is 0.222. The maximum atomic E-state index is 12.7. The van der Waals surface area contributed by atoms with E-state index in [0.717, 1.165) is 11.1 Å². The largest absolute Gasteiger partial charge is 0.238 e. The molecule has 1 aliphatic rings. The number of primary sulfonamides is 1. The summed E-state index contributed by atoms with van der Waals surface area (Å²) in [6, 6.07) is 13.1. The number of hydrogen-bond acceptors (Lipinski definition) is 4. The number of rotatable bonds is 5. The Morgan fingerprint density at radius 2 is 1.62 bits per heavy atom. The molecule has 0 amide bonds. The van der Waals surface area contributed by atoms with Crippen LogP contribution in [0.25, 0.3) is 6.08 Å². The van der Waals surface area contributed by atoms with Gasteiger partial charge in [0.2, 0.25) is 20.0 Å². The first kappa shape index (κ1) is 18.8. The number of fused-ring (bicyclic) bond motifs is 1. The van der Waals surface area contributed by atoms with E-state index in [1.54, 1.807) is 25.1 Å². The van der Waals surface area contributed by atoms with Gasteiger partial charge in [-0.3, -0.25) is 0 Å². The third-order valence-electron chi connectivity index (χ3n) is 4.40. The van der Waals surface area contributed by atoms with Crippen LogP contribution in [-0.4, -0.2) is 16.8 Å². The van der Waals surface area contributed by atoms with Crippen molar-refractivity contribution in [1.82, 2.24) is 4.72 Å². The molecule has 3 rings (SSSR count). The number of hydrogen-bond donors (Lipinski definition) is 2. The van der Waals surface area contributed by atoms with Crippen molar-refractivity contribution in [1.29, 1.82) is 0 Å². The molecule has 0 bridgehead atoms. The lowest BCUT2D eigenvalue weighted by molar-refractivity contribution is 0.571. The van der Waals surface area contributed by atoms with Crippen molar-refractivity contribution in [2.75, 3.05) is 0 Å². The zero-order valence-electron chi connectivity index (χ0n) is 14.2. The number of benzene rings is 2. The number of sulfonamides is 2. The van der Waals surface area contributed by atoms with E-state index < -0.39 is 26.1 Å². The Labute approximate surface area is 153 Å². The molecule has 6 nitrogen and oxygen atoms in total. The molecule has 2 aromatic carbocycles. The van der Waals surface area contributed by atoms with Crippen LogP contribution >= 0.6 is 0 Å². The third-order valence-corrected chi connectivity index (χ3v) is 7.00. The Morgan fingerprint density at radius 1 is 0.962 bits per heavy atom.